The number of pyridine rings is 3. The van der Waals surface area contributed by atoms with E-state index < -0.39 is 38.9 Å². The molecule has 0 radical (unpaired) electrons. The van der Waals surface area contributed by atoms with Gasteiger partial charge in [0.05, 0.1) is 21.0 Å². The Balaban J connectivity index is 0.000000117. The van der Waals surface area contributed by atoms with Crippen molar-refractivity contribution in [2.45, 2.75) is 159 Å². The van der Waals surface area contributed by atoms with Crippen molar-refractivity contribution in [3.63, 3.8) is 0 Å². The monoisotopic (exact) mass is 1870 g/mol. The molecule has 654 valence electrons. The number of thiophene rings is 3. The van der Waals surface area contributed by atoms with Gasteiger partial charge in [0, 0.05) is 151 Å². The fraction of sp³-hybridized carbons (Fsp3) is 0.315. The van der Waals surface area contributed by atoms with E-state index >= 15 is 0 Å². The van der Waals surface area contributed by atoms with Crippen LogP contribution in [0.5, 0.6) is 34.5 Å². The number of fused-ring (bicyclic) bond motifs is 6. The number of halogens is 7. The molecule has 4 fully saturated rings. The quantitative estimate of drug-likeness (QED) is 0.0703. The molecule has 4 saturated heterocycles. The summed E-state index contributed by atoms with van der Waals surface area (Å²) < 4.78 is 182. The fourth-order valence-corrected chi connectivity index (χ4v) is 22.5. The number of aromatic amines is 1. The standard InChI is InChI=1S/C31H27F2N3O4S2.C24H21F2N3O2S.C21H13BrF2N2O4S.C16H26BNO2S/c1-20-8-11-23(12-9-20)42(37,38)36-19-26(24-6-5-7-27-29(24)40-31(32,33)39-27)25-16-21(17-34-30(25)36)28-13-10-22(41-28)18-35-14-3-2-4-15-35;25-24(26)30-20-6-4-5-17(22(20)31-24)19-13-28-23-18(19)11-15(12-27-23)21-8-7-16(32-21)14-29-9-2-1-3-10-29;1-12-5-7-14(8-6-12)31(27,28)26-11-17(16-9-13(22)10-25-20(16)26)15-3-2-4-18-19(15)30-21(23,24)29-18;1-15(2)16(3,4)20-17(19-15)14-9-8-13(21-14)12-18-10-6-5-7-11-18/h5-13,16-17,19H,2-4,14-15,18H2,1H3;4-8,11-13H,1-3,9-10,14H2,(H,27,28);2-11H,1H3;8-9H,5-7,10-12H2,1-4H3. The van der Waals surface area contributed by atoms with Crippen LogP contribution in [-0.4, -0.2) is 136 Å². The maximum atomic E-state index is 14.1. The summed E-state index contributed by atoms with van der Waals surface area (Å²) in [5, 5.41) is 1.78. The summed E-state index contributed by atoms with van der Waals surface area (Å²) in [5.41, 5.74) is 6.74. The maximum absolute atomic E-state index is 14.1. The van der Waals surface area contributed by atoms with E-state index in [0.717, 1.165) is 83.6 Å². The minimum absolute atomic E-state index is 0.0339. The Morgan fingerprint density at radius 2 is 0.810 bits per heavy atom. The molecule has 5 aromatic carbocycles. The largest absolute Gasteiger partial charge is 0.586 e. The van der Waals surface area contributed by atoms with Gasteiger partial charge in [0.1, 0.15) is 5.65 Å². The van der Waals surface area contributed by atoms with Crippen molar-refractivity contribution in [1.82, 2.24) is 42.6 Å². The molecular weight excluding hydrogens is 1790 g/mol. The minimum Gasteiger partial charge on any atom is -0.399 e. The van der Waals surface area contributed by atoms with Crippen LogP contribution in [0.15, 0.2) is 209 Å². The number of hydrogen-bond donors (Lipinski definition) is 1. The summed E-state index contributed by atoms with van der Waals surface area (Å²) in [5.74, 6) is -0.494. The summed E-state index contributed by atoms with van der Waals surface area (Å²) in [6.45, 7) is 22.1. The number of para-hydroxylation sites is 3. The van der Waals surface area contributed by atoms with Crippen LogP contribution in [0.25, 0.3) is 87.4 Å². The van der Waals surface area contributed by atoms with Crippen molar-refractivity contribution in [3.8, 4) is 88.8 Å². The van der Waals surface area contributed by atoms with Crippen molar-refractivity contribution in [2.75, 3.05) is 39.3 Å². The second-order valence-electron chi connectivity index (χ2n) is 33.1. The minimum atomic E-state index is -4.07. The van der Waals surface area contributed by atoms with Crippen LogP contribution in [0.2, 0.25) is 0 Å². The molecule has 7 aliphatic rings. The Morgan fingerprint density at radius 1 is 0.429 bits per heavy atom. The zero-order valence-corrected chi connectivity index (χ0v) is 75.1. The average Bonchev–Trinajstić information content (AvgIpc) is 1.59. The van der Waals surface area contributed by atoms with Gasteiger partial charge >= 0.3 is 26.0 Å². The van der Waals surface area contributed by atoms with E-state index in [4.69, 9.17) is 23.5 Å². The zero-order chi connectivity index (χ0) is 87.8. The second kappa shape index (κ2) is 34.5. The van der Waals surface area contributed by atoms with Gasteiger partial charge in [0.2, 0.25) is 0 Å². The molecule has 16 heterocycles. The van der Waals surface area contributed by atoms with E-state index in [-0.39, 0.29) is 85.0 Å². The normalized spacial score (nSPS) is 18.0. The number of likely N-dealkylation sites (tertiary alicyclic amines) is 3. The molecule has 0 aliphatic carbocycles. The summed E-state index contributed by atoms with van der Waals surface area (Å²) >= 11 is 8.61. The Morgan fingerprint density at radius 3 is 1.25 bits per heavy atom. The maximum Gasteiger partial charge on any atom is 0.586 e. The number of H-pyrrole nitrogens is 1. The van der Waals surface area contributed by atoms with Gasteiger partial charge in [0.15, 0.2) is 45.8 Å². The predicted octanol–water partition coefficient (Wildman–Crippen LogP) is 21.9. The first kappa shape index (κ1) is 86.6. The number of nitrogens with zero attached hydrogens (tertiary/aromatic N) is 8. The molecule has 0 saturated carbocycles. The SMILES string of the molecule is CC1(C)OB(c2ccc(CN3CCCCC3)s2)OC1(C)C.Cc1ccc(S(=O)(=O)n2cc(-c3cccc4c3OC(F)(F)O4)c3cc(-c4ccc(CN5CCCCC5)s4)cnc32)cc1.Cc1ccc(S(=O)(=O)n2cc(-c3cccc4c3OC(F)(F)O4)c3cc(Br)cnc32)cc1.FC1(F)Oc2cccc(-c3c[nH]c4ncc(-c5ccc(CN6CCCCC6)s5)cc34)c2O1. The molecule has 21 nitrogen and oxygen atoms in total. The van der Waals surface area contributed by atoms with Crippen LogP contribution in [0.3, 0.4) is 0 Å². The average molecular weight is 1880 g/mol. The van der Waals surface area contributed by atoms with Gasteiger partial charge in [-0.25, -0.2) is 39.7 Å². The smallest absolute Gasteiger partial charge is 0.399 e. The van der Waals surface area contributed by atoms with Gasteiger partial charge in [-0.05, 0) is 226 Å². The number of aryl methyl sites for hydroxylation is 2. The van der Waals surface area contributed by atoms with Gasteiger partial charge in [-0.15, -0.1) is 60.4 Å². The molecule has 34 heteroatoms. The summed E-state index contributed by atoms with van der Waals surface area (Å²) in [6, 6.07) is 45.3. The number of piperidine rings is 3. The molecule has 21 rings (SSSR count). The number of benzene rings is 5. The summed E-state index contributed by atoms with van der Waals surface area (Å²) in [6.07, 6.45) is 9.91. The van der Waals surface area contributed by atoms with E-state index in [1.807, 2.05) is 43.5 Å². The number of aromatic nitrogens is 6. The molecule has 7 aliphatic heterocycles. The van der Waals surface area contributed by atoms with Crippen LogP contribution < -0.4 is 33.2 Å². The Hall–Kier alpha value is -10.1. The van der Waals surface area contributed by atoms with E-state index in [1.54, 1.807) is 95.7 Å². The molecule has 1 N–H and O–H groups in total. The Kier molecular flexibility index (Phi) is 23.7. The molecule has 14 aromatic rings. The van der Waals surface area contributed by atoms with Crippen molar-refractivity contribution in [2.24, 2.45) is 0 Å². The van der Waals surface area contributed by atoms with Gasteiger partial charge in [-0.2, -0.15) is 0 Å². The van der Waals surface area contributed by atoms with Crippen LogP contribution in [0.4, 0.5) is 26.3 Å². The van der Waals surface area contributed by atoms with E-state index in [1.165, 1.54) is 170 Å². The Bertz CT molecular complexity index is 6650. The molecule has 0 amide bonds. The third-order valence-corrected chi connectivity index (χ3v) is 30.7. The predicted molar refractivity (Wildman–Crippen MR) is 480 cm³/mol. The summed E-state index contributed by atoms with van der Waals surface area (Å²) in [7, 11) is -8.28. The van der Waals surface area contributed by atoms with E-state index in [9.17, 15) is 43.2 Å². The first-order chi connectivity index (χ1) is 60.3. The molecule has 126 heavy (non-hydrogen) atoms. The highest BCUT2D eigenvalue weighted by Gasteiger charge is 2.53. The lowest BCUT2D eigenvalue weighted by Crippen LogP contribution is -2.41. The third kappa shape index (κ3) is 18.0. The number of nitrogens with one attached hydrogen (secondary N) is 1. The lowest BCUT2D eigenvalue weighted by atomic mass is 9.88. The molecule has 0 spiro atoms. The van der Waals surface area contributed by atoms with Gasteiger partial charge in [-0.1, -0.05) is 97.1 Å². The first-order valence-electron chi connectivity index (χ1n) is 41.5. The molecule has 0 unspecified atom stereocenters. The van der Waals surface area contributed by atoms with Crippen molar-refractivity contribution < 1.29 is 80.9 Å². The number of hydrogen-bond acceptors (Lipinski definition) is 21. The molecule has 9 aromatic heterocycles. The highest BCUT2D eigenvalue weighted by molar-refractivity contribution is 9.10. The fourth-order valence-electron chi connectivity index (χ4n) is 16.4. The number of alkyl halides is 6. The van der Waals surface area contributed by atoms with E-state index in [2.05, 4.69) is 129 Å². The van der Waals surface area contributed by atoms with Crippen molar-refractivity contribution >= 4 is 115 Å². The highest BCUT2D eigenvalue weighted by Crippen LogP contribution is 2.53. The lowest BCUT2D eigenvalue weighted by Gasteiger charge is -2.32. The van der Waals surface area contributed by atoms with Gasteiger partial charge < -0.3 is 42.7 Å². The molecule has 0 atom stereocenters. The topological polar surface area (TPSA) is 216 Å². The third-order valence-electron chi connectivity index (χ3n) is 23.6. The Labute approximate surface area is 745 Å². The lowest BCUT2D eigenvalue weighted by molar-refractivity contribution is -0.287. The van der Waals surface area contributed by atoms with E-state index in [0.29, 0.717) is 37.6 Å². The highest BCUT2D eigenvalue weighted by atomic mass is 79.9. The van der Waals surface area contributed by atoms with Crippen LogP contribution in [-0.2, 0) is 49.0 Å². The first-order valence-corrected chi connectivity index (χ1v) is 47.7. The van der Waals surface area contributed by atoms with Crippen LogP contribution in [0.1, 0.15) is 111 Å². The molecular formula is C92H87BBrF6N9O12S5. The second-order valence-corrected chi connectivity index (χ2v) is 41.2. The molecule has 0 bridgehead atoms. The number of rotatable bonds is 16. The van der Waals surface area contributed by atoms with Crippen molar-refractivity contribution in [1.29, 1.82) is 0 Å². The van der Waals surface area contributed by atoms with Crippen LogP contribution >= 0.6 is 49.9 Å². The van der Waals surface area contributed by atoms with Gasteiger partial charge in [-0.3, -0.25) is 14.7 Å². The zero-order valence-electron chi connectivity index (χ0n) is 69.4. The van der Waals surface area contributed by atoms with Gasteiger partial charge in [0.25, 0.3) is 20.0 Å². The number of ether oxygens (including phenoxy) is 6. The van der Waals surface area contributed by atoms with Crippen molar-refractivity contribution in [3.05, 3.63) is 225 Å². The van der Waals surface area contributed by atoms with Crippen LogP contribution in [0, 0.1) is 13.8 Å². The summed E-state index contributed by atoms with van der Waals surface area (Å²) in [4.78, 5) is 30.4.